The number of carbonyl (C=O) groups is 1. The van der Waals surface area contributed by atoms with E-state index < -0.39 is 0 Å². The fraction of sp³-hybridized carbons (Fsp3) is 0.429. The van der Waals surface area contributed by atoms with Crippen LogP contribution in [0.2, 0.25) is 0 Å². The predicted octanol–water partition coefficient (Wildman–Crippen LogP) is 1.79. The number of anilines is 1. The zero-order valence-electron chi connectivity index (χ0n) is 16.6. The molecule has 8 nitrogen and oxygen atoms in total. The number of fused-ring (bicyclic) bond motifs is 1. The van der Waals surface area contributed by atoms with Crippen LogP contribution in [0.1, 0.15) is 26.2 Å². The molecule has 0 saturated carbocycles. The first-order valence-electron chi connectivity index (χ1n) is 10.2. The summed E-state index contributed by atoms with van der Waals surface area (Å²) >= 11 is 0. The number of imidazole rings is 1. The maximum Gasteiger partial charge on any atom is 0.329 e. The van der Waals surface area contributed by atoms with Crippen molar-refractivity contribution in [2.45, 2.75) is 45.3 Å². The summed E-state index contributed by atoms with van der Waals surface area (Å²) in [6, 6.07) is 9.44. The van der Waals surface area contributed by atoms with Gasteiger partial charge in [-0.25, -0.2) is 14.8 Å². The van der Waals surface area contributed by atoms with Crippen molar-refractivity contribution in [1.82, 2.24) is 24.4 Å². The van der Waals surface area contributed by atoms with Gasteiger partial charge in [-0.05, 0) is 37.5 Å². The van der Waals surface area contributed by atoms with Gasteiger partial charge >= 0.3 is 5.69 Å². The number of aromatic nitrogens is 4. The Morgan fingerprint density at radius 3 is 2.59 bits per heavy atom. The van der Waals surface area contributed by atoms with E-state index in [1.54, 1.807) is 27.6 Å². The van der Waals surface area contributed by atoms with E-state index in [2.05, 4.69) is 20.2 Å². The first-order valence-corrected chi connectivity index (χ1v) is 10.2. The van der Waals surface area contributed by atoms with Gasteiger partial charge in [-0.2, -0.15) is 0 Å². The largest absolute Gasteiger partial charge is 0.350 e. The molecule has 152 valence electrons. The van der Waals surface area contributed by atoms with Crippen LogP contribution in [0.25, 0.3) is 11.0 Å². The van der Waals surface area contributed by atoms with E-state index in [0.717, 1.165) is 36.8 Å². The molecule has 1 fully saturated rings. The highest BCUT2D eigenvalue weighted by molar-refractivity contribution is 5.81. The van der Waals surface area contributed by atoms with Crippen LogP contribution < -0.4 is 15.9 Å². The molecule has 8 heteroatoms. The third-order valence-electron chi connectivity index (χ3n) is 5.30. The van der Waals surface area contributed by atoms with E-state index in [1.165, 1.54) is 0 Å². The molecule has 0 spiro atoms. The van der Waals surface area contributed by atoms with E-state index in [-0.39, 0.29) is 24.2 Å². The van der Waals surface area contributed by atoms with Gasteiger partial charge in [0.2, 0.25) is 11.9 Å². The van der Waals surface area contributed by atoms with Crippen molar-refractivity contribution in [2.75, 3.05) is 18.0 Å². The fourth-order valence-electron chi connectivity index (χ4n) is 4.01. The molecule has 3 heterocycles. The van der Waals surface area contributed by atoms with E-state index in [0.29, 0.717) is 19.0 Å². The lowest BCUT2D eigenvalue weighted by Gasteiger charge is -2.33. The molecule has 0 bridgehead atoms. The summed E-state index contributed by atoms with van der Waals surface area (Å²) in [6.45, 7) is 4.25. The number of para-hydroxylation sites is 2. The third-order valence-corrected chi connectivity index (χ3v) is 5.30. The number of benzene rings is 1. The standard InChI is InChI=1S/C21H26N6O2/c1-2-12-26-17-8-3-4-9-18(17)27(21(26)29)15-19(28)24-16-7-5-13-25(14-16)20-22-10-6-11-23-20/h3-4,6,8-11,16H,2,5,7,12-15H2,1H3,(H,24,28)/t16-/m0/s1. The molecule has 1 aliphatic rings. The quantitative estimate of drug-likeness (QED) is 0.689. The molecular weight excluding hydrogens is 368 g/mol. The first-order chi connectivity index (χ1) is 14.2. The molecule has 0 radical (unpaired) electrons. The number of amides is 1. The van der Waals surface area contributed by atoms with Gasteiger partial charge in [-0.15, -0.1) is 0 Å². The Morgan fingerprint density at radius 2 is 1.86 bits per heavy atom. The van der Waals surface area contributed by atoms with Crippen molar-refractivity contribution >= 4 is 22.9 Å². The van der Waals surface area contributed by atoms with Crippen molar-refractivity contribution in [3.05, 3.63) is 53.2 Å². The Balaban J connectivity index is 1.48. The zero-order chi connectivity index (χ0) is 20.2. The fourth-order valence-corrected chi connectivity index (χ4v) is 4.01. The Bertz CT molecular complexity index is 1040. The van der Waals surface area contributed by atoms with Gasteiger partial charge in [-0.3, -0.25) is 13.9 Å². The normalized spacial score (nSPS) is 16.9. The van der Waals surface area contributed by atoms with Crippen molar-refractivity contribution in [3.8, 4) is 0 Å². The van der Waals surface area contributed by atoms with Gasteiger partial charge in [-0.1, -0.05) is 19.1 Å². The number of nitrogens with one attached hydrogen (secondary N) is 1. The average Bonchev–Trinajstić information content (AvgIpc) is 3.01. The predicted molar refractivity (Wildman–Crippen MR) is 112 cm³/mol. The number of carbonyl (C=O) groups excluding carboxylic acids is 1. The molecule has 1 aromatic carbocycles. The SMILES string of the molecule is CCCn1c(=O)n(CC(=O)N[C@H]2CCCN(c3ncccn3)C2)c2ccccc21. The lowest BCUT2D eigenvalue weighted by Crippen LogP contribution is -2.49. The Hall–Kier alpha value is -3.16. The van der Waals surface area contributed by atoms with Gasteiger partial charge in [0.05, 0.1) is 11.0 Å². The molecule has 0 aliphatic carbocycles. The smallest absolute Gasteiger partial charge is 0.329 e. The summed E-state index contributed by atoms with van der Waals surface area (Å²) in [5.41, 5.74) is 1.53. The molecule has 1 atom stereocenters. The maximum absolute atomic E-state index is 12.9. The minimum Gasteiger partial charge on any atom is -0.350 e. The van der Waals surface area contributed by atoms with E-state index in [4.69, 9.17) is 0 Å². The highest BCUT2D eigenvalue weighted by atomic mass is 16.2. The minimum absolute atomic E-state index is 0.0137. The van der Waals surface area contributed by atoms with Crippen molar-refractivity contribution < 1.29 is 4.79 Å². The number of piperidine rings is 1. The molecule has 1 saturated heterocycles. The monoisotopic (exact) mass is 394 g/mol. The molecule has 29 heavy (non-hydrogen) atoms. The molecule has 4 rings (SSSR count). The molecule has 1 amide bonds. The van der Waals surface area contributed by atoms with E-state index in [1.807, 2.05) is 31.2 Å². The second-order valence-electron chi connectivity index (χ2n) is 7.41. The molecule has 2 aromatic heterocycles. The molecular formula is C21H26N6O2. The molecule has 3 aromatic rings. The van der Waals surface area contributed by atoms with Gasteiger partial charge < -0.3 is 10.2 Å². The maximum atomic E-state index is 12.9. The second-order valence-corrected chi connectivity index (χ2v) is 7.41. The lowest BCUT2D eigenvalue weighted by atomic mass is 10.1. The number of nitrogens with zero attached hydrogens (tertiary/aromatic N) is 5. The van der Waals surface area contributed by atoms with Crippen LogP contribution in [0.5, 0.6) is 0 Å². The zero-order valence-corrected chi connectivity index (χ0v) is 16.6. The average molecular weight is 394 g/mol. The van der Waals surface area contributed by atoms with Crippen molar-refractivity contribution in [3.63, 3.8) is 0 Å². The van der Waals surface area contributed by atoms with Crippen molar-refractivity contribution in [2.24, 2.45) is 0 Å². The second kappa shape index (κ2) is 8.46. The van der Waals surface area contributed by atoms with E-state index >= 15 is 0 Å². The Kier molecular flexibility index (Phi) is 5.59. The summed E-state index contributed by atoms with van der Waals surface area (Å²) in [7, 11) is 0. The highest BCUT2D eigenvalue weighted by Crippen LogP contribution is 2.16. The Morgan fingerprint density at radius 1 is 1.14 bits per heavy atom. The minimum atomic E-state index is -0.146. The first kappa shape index (κ1) is 19.2. The van der Waals surface area contributed by atoms with Crippen LogP contribution in [0.15, 0.2) is 47.5 Å². The van der Waals surface area contributed by atoms with Crippen LogP contribution in [0, 0.1) is 0 Å². The molecule has 1 N–H and O–H groups in total. The Labute approximate surface area is 169 Å². The van der Waals surface area contributed by atoms with Crippen molar-refractivity contribution in [1.29, 1.82) is 0 Å². The summed E-state index contributed by atoms with van der Waals surface area (Å²) in [6.07, 6.45) is 6.17. The summed E-state index contributed by atoms with van der Waals surface area (Å²) in [4.78, 5) is 36.3. The van der Waals surface area contributed by atoms with Gasteiger partial charge in [0, 0.05) is 38.1 Å². The van der Waals surface area contributed by atoms with Crippen LogP contribution in [0.3, 0.4) is 0 Å². The van der Waals surface area contributed by atoms with Gasteiger partial charge in [0.15, 0.2) is 0 Å². The number of aryl methyl sites for hydroxylation is 1. The molecule has 1 aliphatic heterocycles. The van der Waals surface area contributed by atoms with Crippen LogP contribution in [0.4, 0.5) is 5.95 Å². The summed E-state index contributed by atoms with van der Waals surface area (Å²) in [5, 5.41) is 3.10. The topological polar surface area (TPSA) is 85.0 Å². The highest BCUT2D eigenvalue weighted by Gasteiger charge is 2.23. The lowest BCUT2D eigenvalue weighted by molar-refractivity contribution is -0.122. The number of hydrogen-bond acceptors (Lipinski definition) is 5. The van der Waals surface area contributed by atoms with Crippen LogP contribution in [-0.4, -0.2) is 44.1 Å². The van der Waals surface area contributed by atoms with Gasteiger partial charge in [0.25, 0.3) is 0 Å². The number of rotatable bonds is 6. The molecule has 0 unspecified atom stereocenters. The summed E-state index contributed by atoms with van der Waals surface area (Å²) in [5.74, 6) is 0.539. The van der Waals surface area contributed by atoms with Crippen LogP contribution >= 0.6 is 0 Å². The third kappa shape index (κ3) is 4.01. The van der Waals surface area contributed by atoms with E-state index in [9.17, 15) is 9.59 Å². The number of hydrogen-bond donors (Lipinski definition) is 1. The van der Waals surface area contributed by atoms with Gasteiger partial charge in [0.1, 0.15) is 6.54 Å². The van der Waals surface area contributed by atoms with Crippen LogP contribution in [-0.2, 0) is 17.9 Å². The summed E-state index contributed by atoms with van der Waals surface area (Å²) < 4.78 is 3.32.